The van der Waals surface area contributed by atoms with Crippen LogP contribution >= 0.6 is 7.91 Å². The van der Waals surface area contributed by atoms with Gasteiger partial charge >= 0.3 is 67.0 Å². The summed E-state index contributed by atoms with van der Waals surface area (Å²) in [7, 11) is -5.14. The van der Waals surface area contributed by atoms with Gasteiger partial charge in [-0.05, 0) is 0 Å². The first kappa shape index (κ1) is 29.5. The van der Waals surface area contributed by atoms with Crippen LogP contribution in [0.1, 0.15) is 2.85 Å². The molecule has 0 aliphatic carbocycles. The zero-order chi connectivity index (χ0) is 4.50. The monoisotopic (exact) mass is 254 g/mol. The van der Waals surface area contributed by atoms with E-state index in [1.54, 1.807) is 0 Å². The normalized spacial score (nSPS) is 6.56. The molecule has 0 rings (SSSR count). The van der Waals surface area contributed by atoms with Gasteiger partial charge in [0.15, 0.2) is 0 Å². The summed E-state index contributed by atoms with van der Waals surface area (Å²) in [5, 5.41) is 0. The van der Waals surface area contributed by atoms with Crippen molar-refractivity contribution in [2.45, 2.75) is 0 Å². The van der Waals surface area contributed by atoms with Crippen molar-refractivity contribution in [3.8, 4) is 0 Å². The molecule has 48 valence electrons. The van der Waals surface area contributed by atoms with Gasteiger partial charge in [-0.3, -0.25) is 9.79 Å². The molecule has 0 fully saturated rings. The molecule has 0 bridgehead atoms. The van der Waals surface area contributed by atoms with Crippen LogP contribution in [0.25, 0.3) is 0 Å². The van der Waals surface area contributed by atoms with E-state index in [1.807, 2.05) is 0 Å². The van der Waals surface area contributed by atoms with Crippen LogP contribution < -0.4 is 59.1 Å². The van der Waals surface area contributed by atoms with E-state index in [2.05, 4.69) is 0 Å². The van der Waals surface area contributed by atoms with Crippen LogP contribution in [0.3, 0.4) is 0 Å². The Morgan fingerprint density at radius 3 is 1.33 bits per heavy atom. The summed E-state index contributed by atoms with van der Waals surface area (Å²) in [6.45, 7) is 0. The van der Waals surface area contributed by atoms with Crippen molar-refractivity contribution in [3.63, 3.8) is 0 Å². The Labute approximate surface area is 122 Å². The molecule has 9 heavy (non-hydrogen) atoms. The molecule has 0 aromatic rings. The molecule has 0 aliphatic heterocycles. The van der Waals surface area contributed by atoms with E-state index in [0.29, 0.717) is 0 Å². The Hall–Kier alpha value is 3.18. The summed E-state index contributed by atoms with van der Waals surface area (Å²) in [5.74, 6) is 0. The quantitative estimate of drug-likeness (QED) is 0.334. The molecule has 2 radical (unpaired) electrons. The zero-order valence-electron chi connectivity index (χ0n) is 6.95. The van der Waals surface area contributed by atoms with Crippen LogP contribution in [0.5, 0.6) is 0 Å². The maximum absolute atomic E-state index is 10.4. The second-order valence-corrected chi connectivity index (χ2v) is 1.42. The Morgan fingerprint density at radius 1 is 1.33 bits per heavy atom. The van der Waals surface area contributed by atoms with Crippen molar-refractivity contribution >= 4 is 7.91 Å². The van der Waals surface area contributed by atoms with Crippen LogP contribution in [-0.2, 0) is 40.2 Å². The van der Waals surface area contributed by atoms with Gasteiger partial charge in [0.2, 0.25) is 0 Å². The molecule has 0 aliphatic rings. The molecular formula is H4FMnNa2O3PV. The molecule has 9 heteroatoms. The number of rotatable bonds is 0. The summed E-state index contributed by atoms with van der Waals surface area (Å²) in [6, 6.07) is 0. The summed E-state index contributed by atoms with van der Waals surface area (Å²) in [5.41, 5.74) is 0. The van der Waals surface area contributed by atoms with Gasteiger partial charge in [0, 0.05) is 35.6 Å². The van der Waals surface area contributed by atoms with E-state index in [1.165, 1.54) is 0 Å². The fraction of sp³-hybridized carbons (Fsp3) is 0. The summed E-state index contributed by atoms with van der Waals surface area (Å²) in [6.07, 6.45) is 0. The maximum atomic E-state index is 10.4. The Kier molecular flexibility index (Phi) is 45.1. The van der Waals surface area contributed by atoms with Crippen LogP contribution in [0, 0.1) is 0 Å². The second kappa shape index (κ2) is 13.8. The van der Waals surface area contributed by atoms with Crippen molar-refractivity contribution in [2.24, 2.45) is 0 Å². The minimum atomic E-state index is -5.14. The zero-order valence-corrected chi connectivity index (χ0v) is 12.4. The fourth-order valence-corrected chi connectivity index (χ4v) is 0. The third-order valence-electron chi connectivity index (χ3n) is 0. The molecule has 0 spiro atoms. The topological polar surface area (TPSA) is 57.5 Å². The van der Waals surface area contributed by atoms with Gasteiger partial charge in [-0.1, -0.05) is 0 Å². The van der Waals surface area contributed by atoms with E-state index in [0.717, 1.165) is 0 Å². The Bertz CT molecular complexity index is 75.5. The van der Waals surface area contributed by atoms with E-state index in [4.69, 9.17) is 14.4 Å². The van der Waals surface area contributed by atoms with Crippen molar-refractivity contribution in [2.75, 3.05) is 0 Å². The minimum Gasteiger partial charge on any atom is -1.00 e. The van der Waals surface area contributed by atoms with Gasteiger partial charge in [-0.2, -0.15) is 0 Å². The SMILES string of the molecule is O=P(O)(O)F.[H-].[H-].[Mn].[Na+].[Na+].[V]. The molecule has 0 heterocycles. The first-order chi connectivity index (χ1) is 2.00. The predicted molar refractivity (Wildman–Crippen MR) is 15.4 cm³/mol. The van der Waals surface area contributed by atoms with Gasteiger partial charge in [0.25, 0.3) is 0 Å². The van der Waals surface area contributed by atoms with Crippen LogP contribution in [0.4, 0.5) is 4.20 Å². The molecular weight excluding hydrogens is 250 g/mol. The summed E-state index contributed by atoms with van der Waals surface area (Å²) >= 11 is 0. The van der Waals surface area contributed by atoms with Crippen LogP contribution in [0.2, 0.25) is 0 Å². The molecule has 0 saturated carbocycles. The number of hydrogen-bond acceptors (Lipinski definition) is 1. The molecule has 0 unspecified atom stereocenters. The van der Waals surface area contributed by atoms with Crippen molar-refractivity contribution in [1.29, 1.82) is 0 Å². The summed E-state index contributed by atoms with van der Waals surface area (Å²) < 4.78 is 19.0. The maximum Gasteiger partial charge on any atom is 1.00 e. The molecule has 0 amide bonds. The standard InChI is InChI=1S/FH2O3P.Mn.2Na.V.2H/c1-5(2,3)4;;;;;;/h(H2,2,3,4);;;;;;/q;;2*+1;;2*-1. The van der Waals surface area contributed by atoms with Gasteiger partial charge in [-0.15, -0.1) is 4.20 Å². The fourth-order valence-electron chi connectivity index (χ4n) is 0. The first-order valence-corrected chi connectivity index (χ1v) is 2.25. The molecule has 3 nitrogen and oxygen atoms in total. The van der Waals surface area contributed by atoms with Crippen molar-refractivity contribution in [1.82, 2.24) is 0 Å². The Morgan fingerprint density at radius 2 is 1.33 bits per heavy atom. The first-order valence-electron chi connectivity index (χ1n) is 0.752. The largest absolute Gasteiger partial charge is 1.00 e. The van der Waals surface area contributed by atoms with Gasteiger partial charge in [0.05, 0.1) is 0 Å². The third-order valence-corrected chi connectivity index (χ3v) is 0. The van der Waals surface area contributed by atoms with E-state index in [9.17, 15) is 4.20 Å². The van der Waals surface area contributed by atoms with Crippen molar-refractivity contribution in [3.05, 3.63) is 0 Å². The smallest absolute Gasteiger partial charge is 1.00 e. The second-order valence-electron chi connectivity index (χ2n) is 0.473. The van der Waals surface area contributed by atoms with E-state index >= 15 is 0 Å². The van der Waals surface area contributed by atoms with E-state index in [-0.39, 0.29) is 97.6 Å². The summed E-state index contributed by atoms with van der Waals surface area (Å²) in [4.78, 5) is 13.9. The number of halogens is 1. The molecule has 0 aromatic carbocycles. The minimum absolute atomic E-state index is 0. The van der Waals surface area contributed by atoms with Gasteiger partial charge < -0.3 is 2.85 Å². The van der Waals surface area contributed by atoms with Crippen LogP contribution in [0.15, 0.2) is 0 Å². The molecule has 2 N–H and O–H groups in total. The third kappa shape index (κ3) is 93.1. The Balaban J connectivity index is -0.00000000533. The average molecular weight is 254 g/mol. The average Bonchev–Trinajstić information content (AvgIpc) is 0.722. The van der Waals surface area contributed by atoms with E-state index < -0.39 is 7.91 Å². The molecule has 0 aromatic heterocycles. The van der Waals surface area contributed by atoms with Gasteiger partial charge in [-0.25, -0.2) is 4.57 Å². The van der Waals surface area contributed by atoms with Gasteiger partial charge in [0.1, 0.15) is 0 Å². The molecule has 0 atom stereocenters. The number of hydrogen-bond donors (Lipinski definition) is 2. The predicted octanol–water partition coefficient (Wildman–Crippen LogP) is -5.72. The molecule has 0 saturated heterocycles. The van der Waals surface area contributed by atoms with Crippen LogP contribution in [-0.4, -0.2) is 9.79 Å². The van der Waals surface area contributed by atoms with Crippen molar-refractivity contribution < 1.29 is 116 Å².